The molecule has 84 valence electrons. The molecule has 2 nitrogen and oxygen atoms in total. The lowest BCUT2D eigenvalue weighted by atomic mass is 10.1. The summed E-state index contributed by atoms with van der Waals surface area (Å²) in [5.41, 5.74) is 2.24. The Morgan fingerprint density at radius 2 is 1.60 bits per heavy atom. The highest BCUT2D eigenvalue weighted by atomic mass is 16.3. The van der Waals surface area contributed by atoms with Crippen molar-refractivity contribution in [3.63, 3.8) is 0 Å². The van der Waals surface area contributed by atoms with Crippen molar-refractivity contribution in [1.29, 1.82) is 0 Å². The van der Waals surface area contributed by atoms with E-state index in [9.17, 15) is 5.11 Å². The normalized spacial score (nSPS) is 12.5. The summed E-state index contributed by atoms with van der Waals surface area (Å²) in [4.78, 5) is 2.29. The fraction of sp³-hybridized carbons (Fsp3) is 0.538. The van der Waals surface area contributed by atoms with Gasteiger partial charge in [-0.1, -0.05) is 19.1 Å². The first kappa shape index (κ1) is 12.1. The Labute approximate surface area is 92.5 Å². The van der Waals surface area contributed by atoms with Gasteiger partial charge in [0.05, 0.1) is 6.10 Å². The minimum absolute atomic E-state index is 0.323. The van der Waals surface area contributed by atoms with Gasteiger partial charge >= 0.3 is 0 Å². The molecule has 0 aromatic heterocycles. The zero-order chi connectivity index (χ0) is 11.3. The van der Waals surface area contributed by atoms with Crippen LogP contribution in [-0.2, 0) is 0 Å². The van der Waals surface area contributed by atoms with Crippen molar-refractivity contribution in [2.45, 2.75) is 33.3 Å². The second-order valence-corrected chi connectivity index (χ2v) is 3.69. The van der Waals surface area contributed by atoms with E-state index in [2.05, 4.69) is 30.9 Å². The second kappa shape index (κ2) is 5.76. The highest BCUT2D eigenvalue weighted by Gasteiger charge is 2.05. The van der Waals surface area contributed by atoms with Crippen LogP contribution in [0.3, 0.4) is 0 Å². The molecule has 2 heteroatoms. The van der Waals surface area contributed by atoms with Crippen LogP contribution in [-0.4, -0.2) is 18.2 Å². The third-order valence-corrected chi connectivity index (χ3v) is 2.79. The summed E-state index contributed by atoms with van der Waals surface area (Å²) >= 11 is 0. The van der Waals surface area contributed by atoms with Gasteiger partial charge in [-0.25, -0.2) is 0 Å². The van der Waals surface area contributed by atoms with Crippen molar-refractivity contribution in [1.82, 2.24) is 0 Å². The summed E-state index contributed by atoms with van der Waals surface area (Å²) < 4.78 is 0. The molecular formula is C13H21NO. The smallest absolute Gasteiger partial charge is 0.0787 e. The van der Waals surface area contributed by atoms with Crippen molar-refractivity contribution >= 4 is 5.69 Å². The molecule has 0 fully saturated rings. The highest BCUT2D eigenvalue weighted by molar-refractivity contribution is 5.47. The number of anilines is 1. The van der Waals surface area contributed by atoms with Gasteiger partial charge in [0, 0.05) is 18.8 Å². The van der Waals surface area contributed by atoms with Gasteiger partial charge in [0.25, 0.3) is 0 Å². The summed E-state index contributed by atoms with van der Waals surface area (Å²) in [5, 5.41) is 9.66. The van der Waals surface area contributed by atoms with Gasteiger partial charge in [-0.15, -0.1) is 0 Å². The number of hydrogen-bond acceptors (Lipinski definition) is 2. The van der Waals surface area contributed by atoms with Crippen LogP contribution in [0.2, 0.25) is 0 Å². The molecule has 0 aliphatic rings. The van der Waals surface area contributed by atoms with Crippen molar-refractivity contribution < 1.29 is 5.11 Å². The molecule has 1 aromatic carbocycles. The maximum atomic E-state index is 9.66. The van der Waals surface area contributed by atoms with Gasteiger partial charge < -0.3 is 10.0 Å². The molecule has 0 spiro atoms. The van der Waals surface area contributed by atoms with E-state index in [0.717, 1.165) is 25.1 Å². The minimum Gasteiger partial charge on any atom is -0.388 e. The Balaban J connectivity index is 2.79. The topological polar surface area (TPSA) is 23.5 Å². The average molecular weight is 207 g/mol. The molecule has 0 amide bonds. The van der Waals surface area contributed by atoms with Gasteiger partial charge in [-0.3, -0.25) is 0 Å². The third kappa shape index (κ3) is 2.96. The van der Waals surface area contributed by atoms with Crippen molar-refractivity contribution in [3.05, 3.63) is 29.8 Å². The Morgan fingerprint density at radius 1 is 1.07 bits per heavy atom. The molecule has 0 aliphatic carbocycles. The zero-order valence-corrected chi connectivity index (χ0v) is 9.90. The van der Waals surface area contributed by atoms with Crippen LogP contribution in [0.25, 0.3) is 0 Å². The molecule has 0 heterocycles. The molecule has 1 unspecified atom stereocenters. The van der Waals surface area contributed by atoms with Crippen LogP contribution < -0.4 is 4.90 Å². The third-order valence-electron chi connectivity index (χ3n) is 2.79. The van der Waals surface area contributed by atoms with E-state index in [1.54, 1.807) is 0 Å². The lowest BCUT2D eigenvalue weighted by molar-refractivity contribution is 0.173. The van der Waals surface area contributed by atoms with E-state index in [4.69, 9.17) is 0 Å². The van der Waals surface area contributed by atoms with Gasteiger partial charge in [0.2, 0.25) is 0 Å². The molecular weight excluding hydrogens is 186 g/mol. The summed E-state index contributed by atoms with van der Waals surface area (Å²) in [6.45, 7) is 8.33. The minimum atomic E-state index is -0.323. The summed E-state index contributed by atoms with van der Waals surface area (Å²) in [6, 6.07) is 8.20. The predicted molar refractivity (Wildman–Crippen MR) is 65.3 cm³/mol. The molecule has 0 aliphatic heterocycles. The van der Waals surface area contributed by atoms with E-state index in [-0.39, 0.29) is 6.10 Å². The highest BCUT2D eigenvalue weighted by Crippen LogP contribution is 2.20. The van der Waals surface area contributed by atoms with Crippen LogP contribution in [0.4, 0.5) is 5.69 Å². The first-order valence-corrected chi connectivity index (χ1v) is 5.75. The van der Waals surface area contributed by atoms with E-state index in [1.165, 1.54) is 5.69 Å². The summed E-state index contributed by atoms with van der Waals surface area (Å²) in [7, 11) is 0. The number of hydrogen-bond donors (Lipinski definition) is 1. The number of rotatable bonds is 5. The molecule has 0 saturated carbocycles. The van der Waals surface area contributed by atoms with Gasteiger partial charge in [-0.05, 0) is 38.0 Å². The largest absolute Gasteiger partial charge is 0.388 e. The monoisotopic (exact) mass is 207 g/mol. The molecule has 0 saturated heterocycles. The Morgan fingerprint density at radius 3 is 2.00 bits per heavy atom. The maximum Gasteiger partial charge on any atom is 0.0787 e. The molecule has 1 atom stereocenters. The number of aliphatic hydroxyl groups is 1. The van der Waals surface area contributed by atoms with Crippen LogP contribution in [0.1, 0.15) is 38.9 Å². The quantitative estimate of drug-likeness (QED) is 0.802. The second-order valence-electron chi connectivity index (χ2n) is 3.69. The van der Waals surface area contributed by atoms with Gasteiger partial charge in [0.1, 0.15) is 0 Å². The Hall–Kier alpha value is -1.02. The SMILES string of the molecule is CCC(O)c1ccc(N(CC)CC)cc1. The maximum absolute atomic E-state index is 9.66. The standard InChI is InChI=1S/C13H21NO/c1-4-13(15)11-7-9-12(10-8-11)14(5-2)6-3/h7-10,13,15H,4-6H2,1-3H3. The molecule has 1 rings (SSSR count). The molecule has 1 N–H and O–H groups in total. The van der Waals surface area contributed by atoms with Gasteiger partial charge in [-0.2, -0.15) is 0 Å². The first-order valence-electron chi connectivity index (χ1n) is 5.75. The number of benzene rings is 1. The van der Waals surface area contributed by atoms with Crippen LogP contribution in [0.5, 0.6) is 0 Å². The Bertz CT molecular complexity index is 277. The molecule has 0 bridgehead atoms. The van der Waals surface area contributed by atoms with Crippen molar-refractivity contribution in [3.8, 4) is 0 Å². The number of nitrogens with zero attached hydrogens (tertiary/aromatic N) is 1. The molecule has 1 aromatic rings. The predicted octanol–water partition coefficient (Wildman–Crippen LogP) is 2.98. The van der Waals surface area contributed by atoms with Crippen LogP contribution in [0, 0.1) is 0 Å². The van der Waals surface area contributed by atoms with Crippen molar-refractivity contribution in [2.24, 2.45) is 0 Å². The Kier molecular flexibility index (Phi) is 4.63. The zero-order valence-electron chi connectivity index (χ0n) is 9.90. The van der Waals surface area contributed by atoms with E-state index in [0.29, 0.717) is 0 Å². The lowest BCUT2D eigenvalue weighted by Crippen LogP contribution is -2.21. The van der Waals surface area contributed by atoms with E-state index >= 15 is 0 Å². The molecule has 15 heavy (non-hydrogen) atoms. The summed E-state index contributed by atoms with van der Waals surface area (Å²) in [6.07, 6.45) is 0.445. The molecule has 0 radical (unpaired) electrons. The van der Waals surface area contributed by atoms with Gasteiger partial charge in [0.15, 0.2) is 0 Å². The van der Waals surface area contributed by atoms with E-state index < -0.39 is 0 Å². The van der Waals surface area contributed by atoms with Crippen molar-refractivity contribution in [2.75, 3.05) is 18.0 Å². The summed E-state index contributed by atoms with van der Waals surface area (Å²) in [5.74, 6) is 0. The fourth-order valence-corrected chi connectivity index (χ4v) is 1.73. The van der Waals surface area contributed by atoms with Crippen LogP contribution >= 0.6 is 0 Å². The number of aliphatic hydroxyl groups excluding tert-OH is 1. The average Bonchev–Trinajstić information content (AvgIpc) is 2.30. The lowest BCUT2D eigenvalue weighted by Gasteiger charge is -2.21. The first-order chi connectivity index (χ1) is 7.22. The van der Waals surface area contributed by atoms with Crippen LogP contribution in [0.15, 0.2) is 24.3 Å². The fourth-order valence-electron chi connectivity index (χ4n) is 1.73. The van der Waals surface area contributed by atoms with E-state index in [1.807, 2.05) is 19.1 Å².